The molecule has 1 heteroatoms. The van der Waals surface area contributed by atoms with Gasteiger partial charge in [0.15, 0.2) is 0 Å². The van der Waals surface area contributed by atoms with Crippen molar-refractivity contribution in [2.75, 3.05) is 0 Å². The van der Waals surface area contributed by atoms with Gasteiger partial charge in [-0.15, -0.1) is 0 Å². The second-order valence-corrected chi connectivity index (χ2v) is 5.87. The zero-order chi connectivity index (χ0) is 14.7. The van der Waals surface area contributed by atoms with Crippen LogP contribution < -0.4 is 0 Å². The normalized spacial score (nSPS) is 11.9. The molecule has 0 bridgehead atoms. The molecule has 0 atom stereocenters. The molecule has 4 aromatic carbocycles. The van der Waals surface area contributed by atoms with Crippen LogP contribution in [0.3, 0.4) is 0 Å². The summed E-state index contributed by atoms with van der Waals surface area (Å²) in [6.45, 7) is 2.15. The fraction of sp³-hybridized carbons (Fsp3) is 0.0476. The Labute approximate surface area is 127 Å². The van der Waals surface area contributed by atoms with Crippen molar-refractivity contribution in [3.8, 4) is 0 Å². The summed E-state index contributed by atoms with van der Waals surface area (Å²) >= 11 is 0. The Morgan fingerprint density at radius 2 is 1.23 bits per heavy atom. The highest BCUT2D eigenvalue weighted by atomic mass is 16.3. The molecule has 22 heavy (non-hydrogen) atoms. The average Bonchev–Trinajstić information content (AvgIpc) is 2.70. The van der Waals surface area contributed by atoms with E-state index in [1.54, 1.807) is 0 Å². The number of fused-ring (bicyclic) bond motifs is 1. The number of aryl methyl sites for hydroxylation is 1. The highest BCUT2D eigenvalue weighted by Gasteiger charge is 2.11. The Morgan fingerprint density at radius 1 is 0.591 bits per heavy atom. The van der Waals surface area contributed by atoms with Gasteiger partial charge in [-0.2, -0.15) is 0 Å². The number of rotatable bonds is 0. The highest BCUT2D eigenvalue weighted by molar-refractivity contribution is 6.23. The van der Waals surface area contributed by atoms with Crippen molar-refractivity contribution < 1.29 is 4.42 Å². The Hall–Kier alpha value is -2.80. The molecule has 5 rings (SSSR count). The summed E-state index contributed by atoms with van der Waals surface area (Å²) in [7, 11) is 0. The van der Waals surface area contributed by atoms with Gasteiger partial charge in [0.05, 0.1) is 0 Å². The molecular weight excluding hydrogens is 268 g/mol. The van der Waals surface area contributed by atoms with Crippen molar-refractivity contribution in [2.45, 2.75) is 6.92 Å². The second kappa shape index (κ2) is 4.11. The van der Waals surface area contributed by atoms with E-state index >= 15 is 0 Å². The fourth-order valence-electron chi connectivity index (χ4n) is 3.56. The van der Waals surface area contributed by atoms with Crippen molar-refractivity contribution in [2.24, 2.45) is 0 Å². The van der Waals surface area contributed by atoms with E-state index in [1.807, 2.05) is 0 Å². The quantitative estimate of drug-likeness (QED) is 0.329. The summed E-state index contributed by atoms with van der Waals surface area (Å²) < 4.78 is 6.30. The maximum absolute atomic E-state index is 6.30. The zero-order valence-electron chi connectivity index (χ0n) is 12.3. The summed E-state index contributed by atoms with van der Waals surface area (Å²) in [4.78, 5) is 0. The van der Waals surface area contributed by atoms with E-state index in [2.05, 4.69) is 73.7 Å². The van der Waals surface area contributed by atoms with Crippen LogP contribution in [0.1, 0.15) is 5.56 Å². The molecule has 1 aromatic heterocycles. The molecule has 0 radical (unpaired) electrons. The van der Waals surface area contributed by atoms with Crippen LogP contribution in [-0.2, 0) is 0 Å². The molecule has 0 aliphatic rings. The Kier molecular flexibility index (Phi) is 2.21. The lowest BCUT2D eigenvalue weighted by molar-refractivity contribution is 0.664. The summed E-state index contributed by atoms with van der Waals surface area (Å²) in [5.41, 5.74) is 3.16. The summed E-state index contributed by atoms with van der Waals surface area (Å²) in [5, 5.41) is 7.41. The van der Waals surface area contributed by atoms with Gasteiger partial charge in [0, 0.05) is 10.8 Å². The summed E-state index contributed by atoms with van der Waals surface area (Å²) in [6.07, 6.45) is 0. The highest BCUT2D eigenvalue weighted by Crippen LogP contribution is 2.36. The van der Waals surface area contributed by atoms with Gasteiger partial charge in [-0.25, -0.2) is 0 Å². The van der Waals surface area contributed by atoms with Gasteiger partial charge in [-0.05, 0) is 46.2 Å². The first-order chi connectivity index (χ1) is 10.8. The number of hydrogen-bond donors (Lipinski definition) is 0. The fourth-order valence-corrected chi connectivity index (χ4v) is 3.56. The molecule has 0 saturated heterocycles. The van der Waals surface area contributed by atoms with E-state index in [0.717, 1.165) is 11.2 Å². The Morgan fingerprint density at radius 3 is 2.09 bits per heavy atom. The van der Waals surface area contributed by atoms with Gasteiger partial charge >= 0.3 is 0 Å². The molecule has 0 saturated carbocycles. The van der Waals surface area contributed by atoms with Crippen LogP contribution in [0, 0.1) is 6.92 Å². The molecule has 0 N–H and O–H groups in total. The van der Waals surface area contributed by atoms with Crippen LogP contribution in [0.15, 0.2) is 71.1 Å². The van der Waals surface area contributed by atoms with E-state index in [0.29, 0.717) is 0 Å². The summed E-state index contributed by atoms with van der Waals surface area (Å²) in [5.74, 6) is 0. The van der Waals surface area contributed by atoms with E-state index in [1.165, 1.54) is 37.9 Å². The predicted molar refractivity (Wildman–Crippen MR) is 93.5 cm³/mol. The van der Waals surface area contributed by atoms with Crippen LogP contribution in [0.2, 0.25) is 0 Å². The van der Waals surface area contributed by atoms with Crippen molar-refractivity contribution in [3.63, 3.8) is 0 Å². The van der Waals surface area contributed by atoms with Crippen molar-refractivity contribution >= 4 is 43.5 Å². The molecule has 0 fully saturated rings. The standard InChI is InChI=1S/C21H14O/c1-13-11-12-19-21-15(13)7-4-9-17(21)16-8-2-5-14-6-3-10-18(22-19)20(14)16/h2-12H,1H3. The molecule has 104 valence electrons. The van der Waals surface area contributed by atoms with E-state index in [-0.39, 0.29) is 0 Å². The third-order valence-electron chi connectivity index (χ3n) is 4.60. The molecular formula is C21H14O. The maximum atomic E-state index is 6.30. The van der Waals surface area contributed by atoms with E-state index in [4.69, 9.17) is 4.42 Å². The minimum Gasteiger partial charge on any atom is -0.456 e. The van der Waals surface area contributed by atoms with Crippen LogP contribution >= 0.6 is 0 Å². The molecule has 0 spiro atoms. The smallest absolute Gasteiger partial charge is 0.135 e. The van der Waals surface area contributed by atoms with E-state index < -0.39 is 0 Å². The Bertz CT molecular complexity index is 1170. The monoisotopic (exact) mass is 282 g/mol. The van der Waals surface area contributed by atoms with E-state index in [9.17, 15) is 0 Å². The lowest BCUT2D eigenvalue weighted by atomic mass is 9.98. The number of hydrogen-bond acceptors (Lipinski definition) is 1. The molecule has 1 nitrogen and oxygen atoms in total. The van der Waals surface area contributed by atoms with Gasteiger partial charge in [0.1, 0.15) is 11.2 Å². The molecule has 5 aromatic rings. The largest absolute Gasteiger partial charge is 0.456 e. The third kappa shape index (κ3) is 1.43. The number of benzene rings is 4. The lowest BCUT2D eigenvalue weighted by Crippen LogP contribution is -1.80. The minimum absolute atomic E-state index is 0.939. The average molecular weight is 282 g/mol. The van der Waals surface area contributed by atoms with Gasteiger partial charge in [0.25, 0.3) is 0 Å². The third-order valence-corrected chi connectivity index (χ3v) is 4.60. The lowest BCUT2D eigenvalue weighted by Gasteiger charge is -2.04. The minimum atomic E-state index is 0.939. The topological polar surface area (TPSA) is 13.1 Å². The van der Waals surface area contributed by atoms with Gasteiger partial charge < -0.3 is 4.42 Å². The molecule has 0 unspecified atom stereocenters. The van der Waals surface area contributed by atoms with Crippen molar-refractivity contribution in [3.05, 3.63) is 72.3 Å². The van der Waals surface area contributed by atoms with Crippen molar-refractivity contribution in [1.82, 2.24) is 0 Å². The van der Waals surface area contributed by atoms with Gasteiger partial charge in [-0.1, -0.05) is 54.6 Å². The van der Waals surface area contributed by atoms with Crippen LogP contribution in [0.5, 0.6) is 0 Å². The summed E-state index contributed by atoms with van der Waals surface area (Å²) in [6, 6.07) is 23.5. The molecule has 0 amide bonds. The first kappa shape index (κ1) is 11.8. The van der Waals surface area contributed by atoms with Crippen LogP contribution in [-0.4, -0.2) is 0 Å². The first-order valence-electron chi connectivity index (χ1n) is 7.55. The molecule has 1 heterocycles. The first-order valence-corrected chi connectivity index (χ1v) is 7.55. The van der Waals surface area contributed by atoms with Crippen molar-refractivity contribution in [1.29, 1.82) is 0 Å². The van der Waals surface area contributed by atoms with Crippen LogP contribution in [0.25, 0.3) is 43.5 Å². The SMILES string of the molecule is Cc1ccc2oc3cccc4cccc(c5cccc1c25)c43. The molecule has 0 aliphatic heterocycles. The second-order valence-electron chi connectivity index (χ2n) is 5.87. The van der Waals surface area contributed by atoms with Crippen LogP contribution in [0.4, 0.5) is 0 Å². The zero-order valence-corrected chi connectivity index (χ0v) is 12.3. The predicted octanol–water partition coefficient (Wildman–Crippen LogP) is 6.20. The van der Waals surface area contributed by atoms with Gasteiger partial charge in [0.2, 0.25) is 0 Å². The van der Waals surface area contributed by atoms with Gasteiger partial charge in [-0.3, -0.25) is 0 Å². The maximum Gasteiger partial charge on any atom is 0.135 e. The Balaban J connectivity index is 2.28. The molecule has 0 aliphatic carbocycles.